The van der Waals surface area contributed by atoms with Crippen molar-refractivity contribution in [3.63, 3.8) is 0 Å². The minimum Gasteiger partial charge on any atom is -0.361 e. The number of rotatable bonds is 4. The molecule has 0 bridgehead atoms. The second-order valence-electron chi connectivity index (χ2n) is 6.60. The second kappa shape index (κ2) is 7.63. The van der Waals surface area contributed by atoms with Gasteiger partial charge in [-0.15, -0.1) is 0 Å². The molecule has 2 rings (SSSR count). The van der Waals surface area contributed by atoms with Crippen LogP contribution in [0.15, 0.2) is 4.52 Å². The van der Waals surface area contributed by atoms with Gasteiger partial charge < -0.3 is 14.7 Å². The molecule has 1 aliphatic rings. The molecule has 0 aliphatic carbocycles. The first-order valence-corrected chi connectivity index (χ1v) is 8.37. The molecule has 0 spiro atoms. The van der Waals surface area contributed by atoms with E-state index in [1.54, 1.807) is 4.90 Å². The highest BCUT2D eigenvalue weighted by Gasteiger charge is 2.41. The molecule has 142 valence electrons. The summed E-state index contributed by atoms with van der Waals surface area (Å²) in [7, 11) is 0. The first-order chi connectivity index (χ1) is 11.6. The van der Waals surface area contributed by atoms with Crippen LogP contribution in [0.5, 0.6) is 0 Å². The van der Waals surface area contributed by atoms with Crippen molar-refractivity contribution in [2.24, 2.45) is 0 Å². The standard InChI is InChI=1S/C16H25F3N4O2/c1-10(9-14-11(2)21-25-12(14)3)20-15(24)23-7-5-22(6-8-23)13(4)16(17,18)19/h10,13H,5-9H2,1-4H3,(H,20,24). The Labute approximate surface area is 145 Å². The Morgan fingerprint density at radius 3 is 2.32 bits per heavy atom. The van der Waals surface area contributed by atoms with Gasteiger partial charge in [0.2, 0.25) is 0 Å². The van der Waals surface area contributed by atoms with Crippen LogP contribution in [-0.2, 0) is 6.42 Å². The third-order valence-corrected chi connectivity index (χ3v) is 4.68. The molecule has 0 saturated carbocycles. The Bertz CT molecular complexity index is 575. The summed E-state index contributed by atoms with van der Waals surface area (Å²) in [5.41, 5.74) is 1.77. The summed E-state index contributed by atoms with van der Waals surface area (Å²) >= 11 is 0. The molecule has 9 heteroatoms. The van der Waals surface area contributed by atoms with E-state index in [0.29, 0.717) is 6.42 Å². The van der Waals surface area contributed by atoms with Crippen LogP contribution in [0, 0.1) is 13.8 Å². The van der Waals surface area contributed by atoms with Gasteiger partial charge in [0.15, 0.2) is 0 Å². The summed E-state index contributed by atoms with van der Waals surface area (Å²) < 4.78 is 43.4. The molecular weight excluding hydrogens is 337 g/mol. The predicted molar refractivity (Wildman–Crippen MR) is 86.3 cm³/mol. The van der Waals surface area contributed by atoms with Crippen LogP contribution in [0.3, 0.4) is 0 Å². The van der Waals surface area contributed by atoms with Gasteiger partial charge in [0, 0.05) is 37.8 Å². The highest BCUT2D eigenvalue weighted by molar-refractivity contribution is 5.74. The lowest BCUT2D eigenvalue weighted by molar-refractivity contribution is -0.181. The smallest absolute Gasteiger partial charge is 0.361 e. The number of piperazine rings is 1. The maximum Gasteiger partial charge on any atom is 0.403 e. The summed E-state index contributed by atoms with van der Waals surface area (Å²) in [6, 6.07) is -1.87. The average molecular weight is 362 g/mol. The molecular formula is C16H25F3N4O2. The molecule has 25 heavy (non-hydrogen) atoms. The molecule has 2 amide bonds. The first-order valence-electron chi connectivity index (χ1n) is 8.37. The zero-order valence-corrected chi connectivity index (χ0v) is 15.0. The summed E-state index contributed by atoms with van der Waals surface area (Å²) in [6.07, 6.45) is -3.65. The second-order valence-corrected chi connectivity index (χ2v) is 6.60. The fourth-order valence-electron chi connectivity index (χ4n) is 2.97. The van der Waals surface area contributed by atoms with E-state index in [1.807, 2.05) is 20.8 Å². The lowest BCUT2D eigenvalue weighted by atomic mass is 10.1. The van der Waals surface area contributed by atoms with Gasteiger partial charge in [0.05, 0.1) is 5.69 Å². The van der Waals surface area contributed by atoms with Crippen molar-refractivity contribution in [2.75, 3.05) is 26.2 Å². The van der Waals surface area contributed by atoms with Crippen LogP contribution >= 0.6 is 0 Å². The average Bonchev–Trinajstić information content (AvgIpc) is 2.85. The molecule has 1 aromatic heterocycles. The highest BCUT2D eigenvalue weighted by atomic mass is 19.4. The van der Waals surface area contributed by atoms with Crippen molar-refractivity contribution in [1.82, 2.24) is 20.3 Å². The molecule has 2 unspecified atom stereocenters. The van der Waals surface area contributed by atoms with Crippen LogP contribution in [0.25, 0.3) is 0 Å². The maximum atomic E-state index is 12.8. The van der Waals surface area contributed by atoms with Gasteiger partial charge >= 0.3 is 12.2 Å². The zero-order chi connectivity index (χ0) is 18.8. The molecule has 1 N–H and O–H groups in total. The van der Waals surface area contributed by atoms with Gasteiger partial charge in [-0.05, 0) is 34.1 Å². The third kappa shape index (κ3) is 4.87. The SMILES string of the molecule is Cc1noc(C)c1CC(C)NC(=O)N1CCN(C(C)C(F)(F)F)CC1. The number of aryl methyl sites for hydroxylation is 2. The van der Waals surface area contributed by atoms with Gasteiger partial charge in [0.1, 0.15) is 11.8 Å². The van der Waals surface area contributed by atoms with E-state index < -0.39 is 12.2 Å². The quantitative estimate of drug-likeness (QED) is 0.894. The van der Waals surface area contributed by atoms with Crippen LogP contribution in [0.2, 0.25) is 0 Å². The van der Waals surface area contributed by atoms with Crippen molar-refractivity contribution in [1.29, 1.82) is 0 Å². The van der Waals surface area contributed by atoms with E-state index >= 15 is 0 Å². The van der Waals surface area contributed by atoms with Crippen molar-refractivity contribution in [3.8, 4) is 0 Å². The van der Waals surface area contributed by atoms with Crippen molar-refractivity contribution >= 4 is 6.03 Å². The molecule has 0 aromatic carbocycles. The van der Waals surface area contributed by atoms with E-state index in [9.17, 15) is 18.0 Å². The summed E-state index contributed by atoms with van der Waals surface area (Å²) in [4.78, 5) is 15.2. The Hall–Kier alpha value is -1.77. The fourth-order valence-corrected chi connectivity index (χ4v) is 2.97. The Morgan fingerprint density at radius 2 is 1.84 bits per heavy atom. The zero-order valence-electron chi connectivity index (χ0n) is 15.0. The summed E-state index contributed by atoms with van der Waals surface area (Å²) in [6.45, 7) is 7.70. The number of alkyl halides is 3. The normalized spacial score (nSPS) is 18.9. The van der Waals surface area contributed by atoms with E-state index in [-0.39, 0.29) is 38.3 Å². The van der Waals surface area contributed by atoms with Gasteiger partial charge in [0.25, 0.3) is 0 Å². The number of hydrogen-bond acceptors (Lipinski definition) is 4. The Balaban J connectivity index is 1.82. The lowest BCUT2D eigenvalue weighted by Gasteiger charge is -2.38. The predicted octanol–water partition coefficient (Wildman–Crippen LogP) is 2.50. The number of nitrogens with one attached hydrogen (secondary N) is 1. The van der Waals surface area contributed by atoms with Crippen molar-refractivity contribution in [3.05, 3.63) is 17.0 Å². The minimum atomic E-state index is -4.24. The van der Waals surface area contributed by atoms with Crippen molar-refractivity contribution in [2.45, 2.75) is 52.4 Å². The van der Waals surface area contributed by atoms with Gasteiger partial charge in [-0.1, -0.05) is 5.16 Å². The maximum absolute atomic E-state index is 12.8. The summed E-state index contributed by atoms with van der Waals surface area (Å²) in [5.74, 6) is 0.730. The molecule has 0 radical (unpaired) electrons. The monoisotopic (exact) mass is 362 g/mol. The molecule has 1 aliphatic heterocycles. The largest absolute Gasteiger partial charge is 0.403 e. The number of urea groups is 1. The third-order valence-electron chi connectivity index (χ3n) is 4.68. The van der Waals surface area contributed by atoms with Crippen LogP contribution < -0.4 is 5.32 Å². The molecule has 1 fully saturated rings. The lowest BCUT2D eigenvalue weighted by Crippen LogP contribution is -2.57. The molecule has 2 heterocycles. The number of aromatic nitrogens is 1. The van der Waals surface area contributed by atoms with Gasteiger partial charge in [-0.3, -0.25) is 4.90 Å². The minimum absolute atomic E-state index is 0.128. The first kappa shape index (κ1) is 19.6. The number of hydrogen-bond donors (Lipinski definition) is 1. The van der Waals surface area contributed by atoms with E-state index in [1.165, 1.54) is 4.90 Å². The number of nitrogens with zero attached hydrogens (tertiary/aromatic N) is 3. The number of amides is 2. The van der Waals surface area contributed by atoms with E-state index in [2.05, 4.69) is 10.5 Å². The number of carbonyl (C=O) groups excluding carboxylic acids is 1. The summed E-state index contributed by atoms with van der Waals surface area (Å²) in [5, 5.41) is 6.78. The number of halogens is 3. The molecule has 6 nitrogen and oxygen atoms in total. The Morgan fingerprint density at radius 1 is 1.24 bits per heavy atom. The van der Waals surface area contributed by atoms with Crippen LogP contribution in [-0.4, -0.2) is 65.4 Å². The number of carbonyl (C=O) groups is 1. The van der Waals surface area contributed by atoms with E-state index in [4.69, 9.17) is 4.52 Å². The topological polar surface area (TPSA) is 61.6 Å². The van der Waals surface area contributed by atoms with Crippen LogP contribution in [0.4, 0.5) is 18.0 Å². The Kier molecular flexibility index (Phi) is 5.97. The molecule has 1 aromatic rings. The van der Waals surface area contributed by atoms with Gasteiger partial charge in [-0.25, -0.2) is 4.79 Å². The van der Waals surface area contributed by atoms with Crippen LogP contribution in [0.1, 0.15) is 30.9 Å². The van der Waals surface area contributed by atoms with Crippen molar-refractivity contribution < 1.29 is 22.5 Å². The molecule has 1 saturated heterocycles. The molecule has 2 atom stereocenters. The van der Waals surface area contributed by atoms with Gasteiger partial charge in [-0.2, -0.15) is 13.2 Å². The highest BCUT2D eigenvalue weighted by Crippen LogP contribution is 2.25. The van der Waals surface area contributed by atoms with E-state index in [0.717, 1.165) is 23.9 Å². The fraction of sp³-hybridized carbons (Fsp3) is 0.750.